The molecule has 0 radical (unpaired) electrons. The first kappa shape index (κ1) is 13.8. The summed E-state index contributed by atoms with van der Waals surface area (Å²) in [6.45, 7) is 0. The molecular formula is C15H13N2O3S-. The van der Waals surface area contributed by atoms with Crippen molar-refractivity contribution in [3.8, 4) is 0 Å². The molecule has 1 N–H and O–H groups in total. The lowest BCUT2D eigenvalue weighted by molar-refractivity contribution is -0.255. The first-order chi connectivity index (χ1) is 10.1. The van der Waals surface area contributed by atoms with E-state index in [9.17, 15) is 14.7 Å². The number of benzene rings is 1. The van der Waals surface area contributed by atoms with Crippen LogP contribution in [0.2, 0.25) is 0 Å². The van der Waals surface area contributed by atoms with Crippen LogP contribution in [0.4, 0.5) is 5.13 Å². The fourth-order valence-corrected chi connectivity index (χ4v) is 3.47. The van der Waals surface area contributed by atoms with Gasteiger partial charge in [-0.15, -0.1) is 11.3 Å². The van der Waals surface area contributed by atoms with Crippen molar-refractivity contribution >= 4 is 28.3 Å². The fourth-order valence-electron chi connectivity index (χ4n) is 2.43. The predicted molar refractivity (Wildman–Crippen MR) is 77.5 cm³/mol. The molecule has 0 unspecified atom stereocenters. The molecule has 1 aliphatic rings. The average Bonchev–Trinajstić information content (AvgIpc) is 2.89. The number of thiazole rings is 1. The molecule has 0 fully saturated rings. The van der Waals surface area contributed by atoms with Gasteiger partial charge in [-0.05, 0) is 31.7 Å². The molecule has 1 aliphatic carbocycles. The number of aromatic carboxylic acids is 1. The Bertz CT molecular complexity index is 685. The van der Waals surface area contributed by atoms with Crippen LogP contribution in [0.5, 0.6) is 0 Å². The van der Waals surface area contributed by atoms with Crippen molar-refractivity contribution in [1.29, 1.82) is 0 Å². The minimum absolute atomic E-state index is 0.0886. The number of rotatable bonds is 3. The van der Waals surface area contributed by atoms with Crippen molar-refractivity contribution in [2.45, 2.75) is 25.7 Å². The zero-order valence-electron chi connectivity index (χ0n) is 11.2. The van der Waals surface area contributed by atoms with Crippen molar-refractivity contribution < 1.29 is 14.7 Å². The smallest absolute Gasteiger partial charge is 0.258 e. The largest absolute Gasteiger partial charge is 0.545 e. The number of carbonyl (C=O) groups is 2. The average molecular weight is 301 g/mol. The van der Waals surface area contributed by atoms with E-state index in [1.165, 1.54) is 28.3 Å². The predicted octanol–water partition coefficient (Wildman–Crippen LogP) is 1.64. The number of aryl methyl sites for hydroxylation is 2. The topological polar surface area (TPSA) is 82.1 Å². The lowest BCUT2D eigenvalue weighted by Crippen LogP contribution is -2.26. The standard InChI is InChI=1S/C15H14N2O3S/c18-13(9-5-1-2-6-10(9)14(19)20)17-15-16-11-7-3-4-8-12(11)21-15/h1-2,5-6H,3-4,7-8H2,(H,19,20)(H,16,17,18)/p-1. The molecule has 0 saturated carbocycles. The van der Waals surface area contributed by atoms with Gasteiger partial charge in [0, 0.05) is 16.0 Å². The maximum atomic E-state index is 12.2. The number of anilines is 1. The number of nitrogens with zero attached hydrogens (tertiary/aromatic N) is 1. The van der Waals surface area contributed by atoms with Crippen LogP contribution in [-0.4, -0.2) is 16.9 Å². The Kier molecular flexibility index (Phi) is 3.70. The lowest BCUT2D eigenvalue weighted by atomic mass is 10.0. The van der Waals surface area contributed by atoms with Gasteiger partial charge in [0.15, 0.2) is 5.13 Å². The number of amides is 1. The van der Waals surface area contributed by atoms with E-state index in [-0.39, 0.29) is 11.1 Å². The molecular weight excluding hydrogens is 288 g/mol. The number of fused-ring (bicyclic) bond motifs is 1. The van der Waals surface area contributed by atoms with Crippen molar-refractivity contribution in [1.82, 2.24) is 4.98 Å². The molecule has 0 bridgehead atoms. The van der Waals surface area contributed by atoms with Crippen LogP contribution in [0.15, 0.2) is 24.3 Å². The Labute approximate surface area is 125 Å². The summed E-state index contributed by atoms with van der Waals surface area (Å²) in [5, 5.41) is 14.2. The minimum Gasteiger partial charge on any atom is -0.545 e. The molecule has 1 aromatic heterocycles. The van der Waals surface area contributed by atoms with Gasteiger partial charge in [-0.3, -0.25) is 10.1 Å². The first-order valence-corrected chi connectivity index (χ1v) is 7.57. The monoisotopic (exact) mass is 301 g/mol. The van der Waals surface area contributed by atoms with Gasteiger partial charge in [-0.1, -0.05) is 18.2 Å². The summed E-state index contributed by atoms with van der Waals surface area (Å²) in [5.74, 6) is -1.83. The third-order valence-electron chi connectivity index (χ3n) is 3.46. The molecule has 0 spiro atoms. The quantitative estimate of drug-likeness (QED) is 0.934. The Hall–Kier alpha value is -2.21. The summed E-state index contributed by atoms with van der Waals surface area (Å²) >= 11 is 1.47. The molecule has 1 aromatic carbocycles. The van der Waals surface area contributed by atoms with Crippen LogP contribution in [0.1, 0.15) is 44.1 Å². The van der Waals surface area contributed by atoms with Gasteiger partial charge in [-0.25, -0.2) is 4.98 Å². The number of carboxylic acid groups (broad SMARTS) is 1. The molecule has 5 nitrogen and oxygen atoms in total. The summed E-state index contributed by atoms with van der Waals surface area (Å²) in [4.78, 5) is 28.9. The zero-order valence-corrected chi connectivity index (χ0v) is 12.0. The van der Waals surface area contributed by atoms with Crippen LogP contribution in [0.25, 0.3) is 0 Å². The molecule has 21 heavy (non-hydrogen) atoms. The summed E-state index contributed by atoms with van der Waals surface area (Å²) < 4.78 is 0. The van der Waals surface area contributed by atoms with Crippen LogP contribution < -0.4 is 10.4 Å². The maximum Gasteiger partial charge on any atom is 0.258 e. The summed E-state index contributed by atoms with van der Waals surface area (Å²) in [5.41, 5.74) is 1.02. The molecule has 108 valence electrons. The highest BCUT2D eigenvalue weighted by Crippen LogP contribution is 2.29. The Morgan fingerprint density at radius 3 is 2.57 bits per heavy atom. The van der Waals surface area contributed by atoms with E-state index in [1.54, 1.807) is 12.1 Å². The number of nitrogens with one attached hydrogen (secondary N) is 1. The summed E-state index contributed by atoms with van der Waals surface area (Å²) in [6, 6.07) is 6.00. The fraction of sp³-hybridized carbons (Fsp3) is 0.267. The van der Waals surface area contributed by atoms with E-state index in [2.05, 4.69) is 10.3 Å². The molecule has 0 atom stereocenters. The SMILES string of the molecule is O=C([O-])c1ccccc1C(=O)Nc1nc2c(s1)CCCC2. The number of carbonyl (C=O) groups excluding carboxylic acids is 2. The van der Waals surface area contributed by atoms with Crippen LogP contribution in [0.3, 0.4) is 0 Å². The van der Waals surface area contributed by atoms with E-state index < -0.39 is 11.9 Å². The second-order valence-electron chi connectivity index (χ2n) is 4.88. The maximum absolute atomic E-state index is 12.2. The number of hydrogen-bond acceptors (Lipinski definition) is 5. The highest BCUT2D eigenvalue weighted by molar-refractivity contribution is 7.15. The molecule has 1 amide bonds. The molecule has 0 aliphatic heterocycles. The van der Waals surface area contributed by atoms with Gasteiger partial charge in [0.2, 0.25) is 0 Å². The first-order valence-electron chi connectivity index (χ1n) is 6.75. The van der Waals surface area contributed by atoms with Gasteiger partial charge < -0.3 is 9.90 Å². The second kappa shape index (κ2) is 5.65. The molecule has 1 heterocycles. The summed E-state index contributed by atoms with van der Waals surface area (Å²) in [7, 11) is 0. The van der Waals surface area contributed by atoms with E-state index >= 15 is 0 Å². The number of carboxylic acids is 1. The van der Waals surface area contributed by atoms with Crippen molar-refractivity contribution in [3.05, 3.63) is 46.0 Å². The third-order valence-corrected chi connectivity index (χ3v) is 4.53. The van der Waals surface area contributed by atoms with Crippen molar-refractivity contribution in [3.63, 3.8) is 0 Å². The molecule has 3 rings (SSSR count). The molecule has 0 saturated heterocycles. The van der Waals surface area contributed by atoms with Gasteiger partial charge in [-0.2, -0.15) is 0 Å². The Morgan fingerprint density at radius 2 is 1.86 bits per heavy atom. The van der Waals surface area contributed by atoms with Crippen LogP contribution in [-0.2, 0) is 12.8 Å². The number of hydrogen-bond donors (Lipinski definition) is 1. The van der Waals surface area contributed by atoms with Gasteiger partial charge >= 0.3 is 0 Å². The van der Waals surface area contributed by atoms with Gasteiger partial charge in [0.25, 0.3) is 5.91 Å². The second-order valence-corrected chi connectivity index (χ2v) is 5.97. The van der Waals surface area contributed by atoms with E-state index in [0.717, 1.165) is 31.4 Å². The van der Waals surface area contributed by atoms with E-state index in [4.69, 9.17) is 0 Å². The summed E-state index contributed by atoms with van der Waals surface area (Å²) in [6.07, 6.45) is 4.21. The van der Waals surface area contributed by atoms with E-state index in [1.807, 2.05) is 0 Å². The molecule has 2 aromatic rings. The van der Waals surface area contributed by atoms with Crippen molar-refractivity contribution in [2.75, 3.05) is 5.32 Å². The number of aromatic nitrogens is 1. The van der Waals surface area contributed by atoms with Crippen LogP contribution >= 0.6 is 11.3 Å². The minimum atomic E-state index is -1.36. The zero-order chi connectivity index (χ0) is 14.8. The van der Waals surface area contributed by atoms with Crippen LogP contribution in [0, 0.1) is 0 Å². The Morgan fingerprint density at radius 1 is 1.14 bits per heavy atom. The highest BCUT2D eigenvalue weighted by atomic mass is 32.1. The van der Waals surface area contributed by atoms with E-state index in [0.29, 0.717) is 5.13 Å². The van der Waals surface area contributed by atoms with Crippen molar-refractivity contribution in [2.24, 2.45) is 0 Å². The highest BCUT2D eigenvalue weighted by Gasteiger charge is 2.18. The lowest BCUT2D eigenvalue weighted by Gasteiger charge is -2.09. The normalized spacial score (nSPS) is 13.5. The third kappa shape index (κ3) is 2.80. The van der Waals surface area contributed by atoms with Gasteiger partial charge in [0.05, 0.1) is 11.7 Å². The molecule has 6 heteroatoms. The Balaban J connectivity index is 1.83. The van der Waals surface area contributed by atoms with Gasteiger partial charge in [0.1, 0.15) is 0 Å².